The fourth-order valence-electron chi connectivity index (χ4n) is 1.50. The molecule has 20 heavy (non-hydrogen) atoms. The monoisotopic (exact) mass is 312 g/mol. The third-order valence-corrected chi connectivity index (χ3v) is 3.43. The first-order valence-electron chi connectivity index (χ1n) is 5.87. The first kappa shape index (κ1) is 16.9. The van der Waals surface area contributed by atoms with E-state index < -0.39 is 28.9 Å². The highest BCUT2D eigenvalue weighted by Crippen LogP contribution is 2.40. The van der Waals surface area contributed by atoms with Crippen LogP contribution >= 0.6 is 11.3 Å². The molecule has 0 unspecified atom stereocenters. The Morgan fingerprint density at radius 3 is 2.25 bits per heavy atom. The van der Waals surface area contributed by atoms with E-state index >= 15 is 0 Å². The van der Waals surface area contributed by atoms with Crippen LogP contribution in [0.1, 0.15) is 40.2 Å². The molecule has 1 aromatic heterocycles. The molecule has 0 aliphatic heterocycles. The van der Waals surface area contributed by atoms with Crippen LogP contribution in [0.15, 0.2) is 6.07 Å². The van der Waals surface area contributed by atoms with Crippen LogP contribution in [0.25, 0.3) is 0 Å². The number of rotatable bonds is 6. The molecule has 0 atom stereocenters. The average molecular weight is 312 g/mol. The second-order valence-electron chi connectivity index (χ2n) is 3.62. The van der Waals surface area contributed by atoms with Crippen molar-refractivity contribution in [1.82, 2.24) is 0 Å². The number of esters is 1. The normalized spacial score (nSPS) is 11.9. The van der Waals surface area contributed by atoms with E-state index in [9.17, 15) is 18.0 Å². The molecule has 0 amide bonds. The molecular formula is C12H15F3O4S. The number of ether oxygens (including phenoxy) is 3. The van der Waals surface area contributed by atoms with Crippen molar-refractivity contribution in [1.29, 1.82) is 0 Å². The van der Waals surface area contributed by atoms with E-state index in [2.05, 4.69) is 4.74 Å². The minimum atomic E-state index is -4.64. The van der Waals surface area contributed by atoms with E-state index in [-0.39, 0.29) is 18.1 Å². The van der Waals surface area contributed by atoms with Gasteiger partial charge in [-0.25, -0.2) is 4.79 Å². The molecule has 0 aromatic carbocycles. The van der Waals surface area contributed by atoms with E-state index in [1.807, 2.05) is 0 Å². The number of hydrogen-bond acceptors (Lipinski definition) is 5. The third-order valence-electron chi connectivity index (χ3n) is 2.30. The molecule has 0 bridgehead atoms. The number of alkyl halides is 3. The molecule has 4 nitrogen and oxygen atoms in total. The van der Waals surface area contributed by atoms with Crippen LogP contribution in [0.5, 0.6) is 0 Å². The minimum absolute atomic E-state index is 0.182. The van der Waals surface area contributed by atoms with Crippen molar-refractivity contribution in [2.45, 2.75) is 26.3 Å². The lowest BCUT2D eigenvalue weighted by Gasteiger charge is -2.14. The molecule has 114 valence electrons. The molecule has 0 saturated carbocycles. The first-order valence-corrected chi connectivity index (χ1v) is 6.69. The van der Waals surface area contributed by atoms with Gasteiger partial charge in [-0.1, -0.05) is 0 Å². The molecular weight excluding hydrogens is 297 g/mol. The Morgan fingerprint density at radius 1 is 1.30 bits per heavy atom. The fourth-order valence-corrected chi connectivity index (χ4v) is 2.59. The smallest absolute Gasteiger partial charge is 0.418 e. The lowest BCUT2D eigenvalue weighted by Crippen LogP contribution is -2.11. The standard InChI is InChI=1S/C12H15F3O4S/c1-4-18-11(19-5-2)8-6-7(12(13,14)15)9(20-8)10(16)17-3/h6,11H,4-5H2,1-3H3. The summed E-state index contributed by atoms with van der Waals surface area (Å²) in [6.07, 6.45) is -5.56. The van der Waals surface area contributed by atoms with Crippen molar-refractivity contribution in [3.8, 4) is 0 Å². The van der Waals surface area contributed by atoms with Crippen LogP contribution in [-0.2, 0) is 20.4 Å². The number of carbonyl (C=O) groups is 1. The first-order chi connectivity index (χ1) is 9.35. The van der Waals surface area contributed by atoms with Crippen molar-refractivity contribution in [2.75, 3.05) is 20.3 Å². The van der Waals surface area contributed by atoms with E-state index in [1.54, 1.807) is 13.8 Å². The number of carbonyl (C=O) groups excluding carboxylic acids is 1. The third kappa shape index (κ3) is 3.94. The molecule has 0 saturated heterocycles. The second kappa shape index (κ2) is 7.05. The molecule has 0 aliphatic carbocycles. The van der Waals surface area contributed by atoms with Gasteiger partial charge in [0, 0.05) is 13.2 Å². The summed E-state index contributed by atoms with van der Waals surface area (Å²) in [6, 6.07) is 0.868. The minimum Gasteiger partial charge on any atom is -0.465 e. The Labute approximate surface area is 118 Å². The zero-order valence-corrected chi connectivity index (χ0v) is 12.1. The van der Waals surface area contributed by atoms with Gasteiger partial charge in [0.05, 0.1) is 17.6 Å². The van der Waals surface area contributed by atoms with Crippen LogP contribution in [0.4, 0.5) is 13.2 Å². The van der Waals surface area contributed by atoms with Gasteiger partial charge in [-0.05, 0) is 19.9 Å². The topological polar surface area (TPSA) is 44.8 Å². The molecule has 1 aromatic rings. The van der Waals surface area contributed by atoms with Gasteiger partial charge < -0.3 is 14.2 Å². The van der Waals surface area contributed by atoms with Gasteiger partial charge >= 0.3 is 12.1 Å². The molecule has 0 spiro atoms. The van der Waals surface area contributed by atoms with E-state index in [0.717, 1.165) is 13.2 Å². The average Bonchev–Trinajstić information content (AvgIpc) is 2.82. The highest BCUT2D eigenvalue weighted by Gasteiger charge is 2.39. The maximum Gasteiger partial charge on any atom is 0.418 e. The maximum absolute atomic E-state index is 12.9. The fraction of sp³-hybridized carbons (Fsp3) is 0.583. The van der Waals surface area contributed by atoms with Crippen molar-refractivity contribution in [2.24, 2.45) is 0 Å². The van der Waals surface area contributed by atoms with Crippen LogP contribution in [0.3, 0.4) is 0 Å². The highest BCUT2D eigenvalue weighted by molar-refractivity contribution is 7.14. The zero-order valence-electron chi connectivity index (χ0n) is 11.2. The van der Waals surface area contributed by atoms with Crippen molar-refractivity contribution < 1.29 is 32.2 Å². The molecule has 1 heterocycles. The van der Waals surface area contributed by atoms with Gasteiger partial charge in [0.2, 0.25) is 0 Å². The molecule has 8 heteroatoms. The molecule has 0 aliphatic rings. The summed E-state index contributed by atoms with van der Waals surface area (Å²) in [5.74, 6) is -1.03. The summed E-state index contributed by atoms with van der Waals surface area (Å²) in [7, 11) is 1.03. The predicted molar refractivity (Wildman–Crippen MR) is 66.7 cm³/mol. The lowest BCUT2D eigenvalue weighted by molar-refractivity contribution is -0.141. The molecule has 0 radical (unpaired) electrons. The Balaban J connectivity index is 3.22. The quantitative estimate of drug-likeness (QED) is 0.594. The van der Waals surface area contributed by atoms with E-state index in [0.29, 0.717) is 11.3 Å². The van der Waals surface area contributed by atoms with E-state index in [4.69, 9.17) is 9.47 Å². The van der Waals surface area contributed by atoms with Crippen LogP contribution < -0.4 is 0 Å². The number of methoxy groups -OCH3 is 1. The summed E-state index contributed by atoms with van der Waals surface area (Å²) in [5, 5.41) is 0. The Kier molecular flexibility index (Phi) is 5.97. The summed E-state index contributed by atoms with van der Waals surface area (Å²) in [5.41, 5.74) is -1.03. The largest absolute Gasteiger partial charge is 0.465 e. The SMILES string of the molecule is CCOC(OCC)c1cc(C(F)(F)F)c(C(=O)OC)s1. The number of halogens is 3. The van der Waals surface area contributed by atoms with Crippen LogP contribution in [0, 0.1) is 0 Å². The molecule has 0 N–H and O–H groups in total. The second-order valence-corrected chi connectivity index (χ2v) is 4.71. The van der Waals surface area contributed by atoms with Gasteiger partial charge in [0.1, 0.15) is 4.88 Å². The molecule has 0 fully saturated rings. The van der Waals surface area contributed by atoms with Crippen LogP contribution in [-0.4, -0.2) is 26.3 Å². The van der Waals surface area contributed by atoms with Gasteiger partial charge in [-0.15, -0.1) is 11.3 Å². The van der Waals surface area contributed by atoms with Gasteiger partial charge in [-0.2, -0.15) is 13.2 Å². The zero-order chi connectivity index (χ0) is 15.3. The van der Waals surface area contributed by atoms with Crippen molar-refractivity contribution in [3.63, 3.8) is 0 Å². The summed E-state index contributed by atoms with van der Waals surface area (Å²) >= 11 is 0.663. The lowest BCUT2D eigenvalue weighted by atomic mass is 10.2. The molecule has 1 rings (SSSR count). The van der Waals surface area contributed by atoms with Crippen LogP contribution in [0.2, 0.25) is 0 Å². The number of thiophene rings is 1. The van der Waals surface area contributed by atoms with Crippen molar-refractivity contribution >= 4 is 17.3 Å². The van der Waals surface area contributed by atoms with Gasteiger partial charge in [0.15, 0.2) is 6.29 Å². The van der Waals surface area contributed by atoms with Crippen molar-refractivity contribution in [3.05, 3.63) is 21.4 Å². The summed E-state index contributed by atoms with van der Waals surface area (Å²) in [6.45, 7) is 3.95. The number of hydrogen-bond donors (Lipinski definition) is 0. The maximum atomic E-state index is 12.9. The Bertz CT molecular complexity index is 450. The summed E-state index contributed by atoms with van der Waals surface area (Å²) in [4.78, 5) is 11.1. The van der Waals surface area contributed by atoms with Gasteiger partial charge in [0.25, 0.3) is 0 Å². The Hall–Kier alpha value is -1.12. The van der Waals surface area contributed by atoms with Gasteiger partial charge in [-0.3, -0.25) is 0 Å². The highest BCUT2D eigenvalue weighted by atomic mass is 32.1. The van der Waals surface area contributed by atoms with E-state index in [1.165, 1.54) is 0 Å². The Morgan fingerprint density at radius 2 is 1.85 bits per heavy atom. The summed E-state index contributed by atoms with van der Waals surface area (Å²) < 4.78 is 53.6. The predicted octanol–water partition coefficient (Wildman–Crippen LogP) is 3.63.